The second kappa shape index (κ2) is 9.23. The zero-order valence-corrected chi connectivity index (χ0v) is 11.6. The third kappa shape index (κ3) is 7.16. The van der Waals surface area contributed by atoms with Crippen molar-refractivity contribution in [3.05, 3.63) is 12.7 Å². The molecule has 0 aromatic carbocycles. The van der Waals surface area contributed by atoms with Crippen molar-refractivity contribution < 1.29 is 4.79 Å². The van der Waals surface area contributed by atoms with Gasteiger partial charge in [0, 0.05) is 25.0 Å². The van der Waals surface area contributed by atoms with Crippen molar-refractivity contribution >= 4 is 5.91 Å². The lowest BCUT2D eigenvalue weighted by atomic mass is 10.0. The van der Waals surface area contributed by atoms with Crippen LogP contribution in [0.5, 0.6) is 0 Å². The van der Waals surface area contributed by atoms with E-state index in [2.05, 4.69) is 13.5 Å². The van der Waals surface area contributed by atoms with Crippen LogP contribution < -0.4 is 5.73 Å². The van der Waals surface area contributed by atoms with Gasteiger partial charge in [-0.1, -0.05) is 26.3 Å². The van der Waals surface area contributed by atoms with Gasteiger partial charge < -0.3 is 10.6 Å². The van der Waals surface area contributed by atoms with Crippen molar-refractivity contribution in [1.29, 1.82) is 0 Å². The quantitative estimate of drug-likeness (QED) is 0.630. The first-order valence-corrected chi connectivity index (χ1v) is 6.68. The lowest BCUT2D eigenvalue weighted by molar-refractivity contribution is -0.134. The number of rotatable bonds is 9. The normalized spacial score (nSPS) is 14.1. The number of nitrogens with two attached hydrogens (primary N) is 1. The van der Waals surface area contributed by atoms with Gasteiger partial charge in [0.15, 0.2) is 0 Å². The lowest BCUT2D eigenvalue weighted by Gasteiger charge is -2.24. The maximum absolute atomic E-state index is 12.1. The van der Waals surface area contributed by atoms with Crippen molar-refractivity contribution in [3.63, 3.8) is 0 Å². The summed E-state index contributed by atoms with van der Waals surface area (Å²) in [5, 5.41) is 0. The molecule has 0 spiro atoms. The summed E-state index contributed by atoms with van der Waals surface area (Å²) in [6.07, 6.45) is 5.73. The first-order valence-electron chi connectivity index (χ1n) is 6.68. The van der Waals surface area contributed by atoms with Gasteiger partial charge in [0.25, 0.3) is 0 Å². The molecular weight excluding hydrogens is 212 g/mol. The van der Waals surface area contributed by atoms with E-state index >= 15 is 0 Å². The number of carbonyl (C=O) groups excluding carboxylic acids is 1. The highest BCUT2D eigenvalue weighted by molar-refractivity contribution is 5.78. The maximum Gasteiger partial charge on any atom is 0.225 e. The summed E-state index contributed by atoms with van der Waals surface area (Å²) in [6.45, 7) is 11.3. The van der Waals surface area contributed by atoms with Gasteiger partial charge in [-0.05, 0) is 26.2 Å². The van der Waals surface area contributed by atoms with E-state index in [1.807, 2.05) is 18.7 Å². The fourth-order valence-corrected chi connectivity index (χ4v) is 1.90. The Morgan fingerprint density at radius 2 is 2.06 bits per heavy atom. The van der Waals surface area contributed by atoms with Gasteiger partial charge in [0.2, 0.25) is 5.91 Å². The molecule has 3 heteroatoms. The SMILES string of the molecule is C=CCN(CCC)C(=O)C(C)CCCC(C)N. The lowest BCUT2D eigenvalue weighted by Crippen LogP contribution is -2.36. The summed E-state index contributed by atoms with van der Waals surface area (Å²) >= 11 is 0. The molecule has 1 amide bonds. The van der Waals surface area contributed by atoms with Crippen LogP contribution in [0.25, 0.3) is 0 Å². The van der Waals surface area contributed by atoms with Gasteiger partial charge in [-0.15, -0.1) is 6.58 Å². The van der Waals surface area contributed by atoms with Crippen molar-refractivity contribution in [2.24, 2.45) is 11.7 Å². The molecule has 17 heavy (non-hydrogen) atoms. The minimum absolute atomic E-state index is 0.0975. The average Bonchev–Trinajstić information content (AvgIpc) is 2.27. The van der Waals surface area contributed by atoms with E-state index in [1.54, 1.807) is 6.08 Å². The van der Waals surface area contributed by atoms with Crippen LogP contribution in [0.2, 0.25) is 0 Å². The Hall–Kier alpha value is -0.830. The maximum atomic E-state index is 12.1. The monoisotopic (exact) mass is 240 g/mol. The van der Waals surface area contributed by atoms with Crippen LogP contribution in [0.3, 0.4) is 0 Å². The molecule has 2 unspecified atom stereocenters. The molecule has 0 radical (unpaired) electrons. The smallest absolute Gasteiger partial charge is 0.225 e. The Kier molecular flexibility index (Phi) is 8.78. The highest BCUT2D eigenvalue weighted by Crippen LogP contribution is 2.12. The molecule has 0 saturated carbocycles. The molecule has 0 aliphatic carbocycles. The van der Waals surface area contributed by atoms with Gasteiger partial charge in [-0.25, -0.2) is 0 Å². The van der Waals surface area contributed by atoms with E-state index in [4.69, 9.17) is 5.73 Å². The van der Waals surface area contributed by atoms with E-state index in [0.717, 1.165) is 32.2 Å². The predicted octanol–water partition coefficient (Wildman–Crippen LogP) is 2.56. The summed E-state index contributed by atoms with van der Waals surface area (Å²) in [6, 6.07) is 0.234. The molecule has 0 bridgehead atoms. The van der Waals surface area contributed by atoms with Gasteiger partial charge >= 0.3 is 0 Å². The number of amides is 1. The largest absolute Gasteiger partial charge is 0.339 e. The standard InChI is InChI=1S/C14H28N2O/c1-5-10-16(11-6-2)14(17)12(3)8-7-9-13(4)15/h5,12-13H,1,6-11,15H2,2-4H3. The Labute approximate surface area is 106 Å². The zero-order chi connectivity index (χ0) is 13.3. The first kappa shape index (κ1) is 16.2. The fourth-order valence-electron chi connectivity index (χ4n) is 1.90. The van der Waals surface area contributed by atoms with Crippen molar-refractivity contribution in [2.75, 3.05) is 13.1 Å². The molecule has 0 saturated heterocycles. The average molecular weight is 240 g/mol. The highest BCUT2D eigenvalue weighted by Gasteiger charge is 2.18. The van der Waals surface area contributed by atoms with Gasteiger partial charge in [-0.3, -0.25) is 4.79 Å². The minimum atomic E-state index is 0.0975. The van der Waals surface area contributed by atoms with Crippen molar-refractivity contribution in [3.8, 4) is 0 Å². The Morgan fingerprint density at radius 1 is 1.41 bits per heavy atom. The fraction of sp³-hybridized carbons (Fsp3) is 0.786. The Bertz CT molecular complexity index is 226. The molecule has 0 aromatic heterocycles. The van der Waals surface area contributed by atoms with Crippen LogP contribution in [0, 0.1) is 5.92 Å². The summed E-state index contributed by atoms with van der Waals surface area (Å²) in [5.41, 5.74) is 5.70. The predicted molar refractivity (Wildman–Crippen MR) is 73.7 cm³/mol. The number of hydrogen-bond acceptors (Lipinski definition) is 2. The minimum Gasteiger partial charge on any atom is -0.339 e. The molecule has 0 fully saturated rings. The van der Waals surface area contributed by atoms with Crippen molar-refractivity contribution in [2.45, 2.75) is 52.5 Å². The molecule has 2 N–H and O–H groups in total. The third-order valence-electron chi connectivity index (χ3n) is 2.87. The molecule has 0 aliphatic heterocycles. The highest BCUT2D eigenvalue weighted by atomic mass is 16.2. The van der Waals surface area contributed by atoms with Crippen LogP contribution in [0.15, 0.2) is 12.7 Å². The van der Waals surface area contributed by atoms with Crippen LogP contribution in [0.4, 0.5) is 0 Å². The van der Waals surface area contributed by atoms with E-state index in [-0.39, 0.29) is 17.9 Å². The Morgan fingerprint density at radius 3 is 2.53 bits per heavy atom. The summed E-state index contributed by atoms with van der Waals surface area (Å²) in [7, 11) is 0. The second-order valence-electron chi connectivity index (χ2n) is 4.88. The zero-order valence-electron chi connectivity index (χ0n) is 11.6. The van der Waals surface area contributed by atoms with Gasteiger partial charge in [0.1, 0.15) is 0 Å². The molecule has 0 rings (SSSR count). The number of carbonyl (C=O) groups is 1. The van der Waals surface area contributed by atoms with Crippen LogP contribution in [-0.2, 0) is 4.79 Å². The summed E-state index contributed by atoms with van der Waals surface area (Å²) < 4.78 is 0. The van der Waals surface area contributed by atoms with E-state index in [9.17, 15) is 4.79 Å². The molecule has 0 heterocycles. The molecule has 100 valence electrons. The number of hydrogen-bond donors (Lipinski definition) is 1. The Balaban J connectivity index is 4.10. The van der Waals surface area contributed by atoms with Crippen LogP contribution in [0.1, 0.15) is 46.5 Å². The van der Waals surface area contributed by atoms with Gasteiger partial charge in [-0.2, -0.15) is 0 Å². The molecule has 0 aliphatic rings. The van der Waals surface area contributed by atoms with Crippen LogP contribution >= 0.6 is 0 Å². The molecular formula is C14H28N2O. The molecule has 2 atom stereocenters. The molecule has 3 nitrogen and oxygen atoms in total. The molecule has 0 aromatic rings. The first-order chi connectivity index (χ1) is 8.02. The van der Waals surface area contributed by atoms with Crippen LogP contribution in [-0.4, -0.2) is 29.9 Å². The van der Waals surface area contributed by atoms with E-state index < -0.39 is 0 Å². The van der Waals surface area contributed by atoms with E-state index in [1.165, 1.54) is 0 Å². The van der Waals surface area contributed by atoms with Gasteiger partial charge in [0.05, 0.1) is 0 Å². The van der Waals surface area contributed by atoms with E-state index in [0.29, 0.717) is 6.54 Å². The van der Waals surface area contributed by atoms with Crippen molar-refractivity contribution in [1.82, 2.24) is 4.90 Å². The number of nitrogens with zero attached hydrogens (tertiary/aromatic N) is 1. The second-order valence-corrected chi connectivity index (χ2v) is 4.88. The topological polar surface area (TPSA) is 46.3 Å². The summed E-state index contributed by atoms with van der Waals surface area (Å²) in [5.74, 6) is 0.344. The third-order valence-corrected chi connectivity index (χ3v) is 2.87. The summed E-state index contributed by atoms with van der Waals surface area (Å²) in [4.78, 5) is 14.0.